The molecule has 0 aliphatic heterocycles. The largest absolute Gasteiger partial charge is 0.497 e. The Morgan fingerprint density at radius 2 is 1.82 bits per heavy atom. The van der Waals surface area contributed by atoms with Crippen LogP contribution >= 0.6 is 11.6 Å². The van der Waals surface area contributed by atoms with Gasteiger partial charge in [0.15, 0.2) is 0 Å². The Morgan fingerprint density at radius 3 is 2.54 bits per heavy atom. The van der Waals surface area contributed by atoms with Gasteiger partial charge in [-0.2, -0.15) is 0 Å². The number of nitrogens with zero attached hydrogens (tertiary/aromatic N) is 2. The Bertz CT molecular complexity index is 964. The highest BCUT2D eigenvalue weighted by Crippen LogP contribution is 2.29. The third kappa shape index (κ3) is 4.89. The normalized spacial score (nSPS) is 10.2. The molecule has 0 unspecified atom stereocenters. The van der Waals surface area contributed by atoms with E-state index in [1.54, 1.807) is 38.5 Å². The van der Waals surface area contributed by atoms with Gasteiger partial charge in [0.2, 0.25) is 0 Å². The smallest absolute Gasteiger partial charge is 0.270 e. The van der Waals surface area contributed by atoms with Crippen LogP contribution in [-0.2, 0) is 6.54 Å². The lowest BCUT2D eigenvalue weighted by Gasteiger charge is -2.11. The summed E-state index contributed by atoms with van der Waals surface area (Å²) in [6, 6.07) is 14.2. The fourth-order valence-electron chi connectivity index (χ4n) is 2.48. The van der Waals surface area contributed by atoms with Crippen LogP contribution in [0.3, 0.4) is 0 Å². The van der Waals surface area contributed by atoms with Crippen LogP contribution in [0.1, 0.15) is 16.1 Å². The first-order valence-corrected chi connectivity index (χ1v) is 8.80. The van der Waals surface area contributed by atoms with Crippen molar-refractivity contribution < 1.29 is 14.3 Å². The van der Waals surface area contributed by atoms with Crippen LogP contribution in [0.4, 0.5) is 11.5 Å². The van der Waals surface area contributed by atoms with Crippen molar-refractivity contribution in [3.8, 4) is 11.5 Å². The van der Waals surface area contributed by atoms with E-state index in [9.17, 15) is 4.79 Å². The van der Waals surface area contributed by atoms with E-state index in [2.05, 4.69) is 20.6 Å². The quantitative estimate of drug-likeness (QED) is 0.629. The van der Waals surface area contributed by atoms with E-state index in [4.69, 9.17) is 21.1 Å². The van der Waals surface area contributed by atoms with Crippen molar-refractivity contribution in [1.82, 2.24) is 15.3 Å². The number of benzene rings is 2. The van der Waals surface area contributed by atoms with Gasteiger partial charge in [0.1, 0.15) is 29.3 Å². The summed E-state index contributed by atoms with van der Waals surface area (Å²) in [5.41, 5.74) is 1.83. The maximum atomic E-state index is 12.4. The number of anilines is 2. The number of halogens is 1. The first-order chi connectivity index (χ1) is 13.6. The fraction of sp³-hybridized carbons (Fsp3) is 0.150. The summed E-state index contributed by atoms with van der Waals surface area (Å²) in [5.74, 6) is 1.51. The number of rotatable bonds is 7. The van der Waals surface area contributed by atoms with Gasteiger partial charge in [-0.3, -0.25) is 4.79 Å². The van der Waals surface area contributed by atoms with Crippen molar-refractivity contribution in [2.75, 3.05) is 19.5 Å². The Morgan fingerprint density at radius 1 is 1.04 bits per heavy atom. The lowest BCUT2D eigenvalue weighted by molar-refractivity contribution is 0.0946. The molecule has 1 amide bonds. The molecule has 0 saturated heterocycles. The molecule has 3 aromatic rings. The van der Waals surface area contributed by atoms with Crippen molar-refractivity contribution in [3.05, 3.63) is 71.1 Å². The van der Waals surface area contributed by atoms with Crippen LogP contribution in [0.15, 0.2) is 54.9 Å². The molecule has 0 radical (unpaired) electrons. The molecule has 0 atom stereocenters. The molecule has 144 valence electrons. The summed E-state index contributed by atoms with van der Waals surface area (Å²) < 4.78 is 10.4. The van der Waals surface area contributed by atoms with E-state index < -0.39 is 0 Å². The molecule has 0 fully saturated rings. The highest BCUT2D eigenvalue weighted by molar-refractivity contribution is 6.31. The molecule has 0 bridgehead atoms. The molecule has 0 spiro atoms. The number of carbonyl (C=O) groups excluding carboxylic acids is 1. The predicted molar refractivity (Wildman–Crippen MR) is 107 cm³/mol. The molecule has 3 rings (SSSR count). The zero-order chi connectivity index (χ0) is 19.9. The van der Waals surface area contributed by atoms with Gasteiger partial charge in [-0.05, 0) is 35.9 Å². The van der Waals surface area contributed by atoms with E-state index in [1.165, 1.54) is 6.33 Å². The number of nitrogens with one attached hydrogen (secondary N) is 2. The summed E-state index contributed by atoms with van der Waals surface area (Å²) in [6.45, 7) is 0.373. The van der Waals surface area contributed by atoms with E-state index >= 15 is 0 Å². The topological polar surface area (TPSA) is 85.4 Å². The van der Waals surface area contributed by atoms with Gasteiger partial charge >= 0.3 is 0 Å². The number of hydrogen-bond acceptors (Lipinski definition) is 6. The lowest BCUT2D eigenvalue weighted by Crippen LogP contribution is -2.24. The molecule has 1 aromatic heterocycles. The van der Waals surface area contributed by atoms with Crippen LogP contribution in [0.2, 0.25) is 5.02 Å². The van der Waals surface area contributed by atoms with Crippen LogP contribution in [-0.4, -0.2) is 30.1 Å². The molecule has 0 aliphatic carbocycles. The average molecular weight is 399 g/mol. The number of carbonyl (C=O) groups is 1. The minimum atomic E-state index is -0.306. The van der Waals surface area contributed by atoms with E-state index in [0.717, 1.165) is 11.3 Å². The zero-order valence-electron chi connectivity index (χ0n) is 15.4. The lowest BCUT2D eigenvalue weighted by atomic mass is 10.2. The van der Waals surface area contributed by atoms with Crippen molar-refractivity contribution in [2.45, 2.75) is 6.54 Å². The molecule has 2 aromatic carbocycles. The van der Waals surface area contributed by atoms with Gasteiger partial charge in [0.05, 0.1) is 19.9 Å². The molecular weight excluding hydrogens is 380 g/mol. The van der Waals surface area contributed by atoms with E-state index in [0.29, 0.717) is 28.8 Å². The third-order valence-electron chi connectivity index (χ3n) is 3.94. The molecule has 7 nitrogen and oxygen atoms in total. The summed E-state index contributed by atoms with van der Waals surface area (Å²) in [4.78, 5) is 20.6. The molecule has 2 N–H and O–H groups in total. The Balaban J connectivity index is 1.68. The molecule has 8 heteroatoms. The van der Waals surface area contributed by atoms with Crippen molar-refractivity contribution in [3.63, 3.8) is 0 Å². The van der Waals surface area contributed by atoms with Crippen molar-refractivity contribution in [2.24, 2.45) is 0 Å². The molecule has 28 heavy (non-hydrogen) atoms. The summed E-state index contributed by atoms with van der Waals surface area (Å²) >= 11 is 6.04. The fourth-order valence-corrected chi connectivity index (χ4v) is 2.65. The second kappa shape index (κ2) is 9.05. The minimum Gasteiger partial charge on any atom is -0.497 e. The van der Waals surface area contributed by atoms with Gasteiger partial charge in [-0.1, -0.05) is 23.7 Å². The maximum Gasteiger partial charge on any atom is 0.270 e. The van der Waals surface area contributed by atoms with E-state index in [1.807, 2.05) is 24.3 Å². The highest BCUT2D eigenvalue weighted by Gasteiger charge is 2.11. The summed E-state index contributed by atoms with van der Waals surface area (Å²) in [6.07, 6.45) is 1.32. The predicted octanol–water partition coefficient (Wildman–Crippen LogP) is 3.82. The number of amides is 1. The number of methoxy groups -OCH3 is 2. The highest BCUT2D eigenvalue weighted by atomic mass is 35.5. The SMILES string of the molecule is COc1ccc(CNC(=O)c2cc(Nc3cc(Cl)ccc3OC)ncn2)cc1. The Labute approximate surface area is 167 Å². The first kappa shape index (κ1) is 19.4. The van der Waals surface area contributed by atoms with Crippen LogP contribution in [0, 0.1) is 0 Å². The third-order valence-corrected chi connectivity index (χ3v) is 4.17. The van der Waals surface area contributed by atoms with Crippen LogP contribution in [0.25, 0.3) is 0 Å². The van der Waals surface area contributed by atoms with Gasteiger partial charge < -0.3 is 20.1 Å². The Kier molecular flexibility index (Phi) is 6.29. The minimum absolute atomic E-state index is 0.243. The monoisotopic (exact) mass is 398 g/mol. The second-order valence-electron chi connectivity index (χ2n) is 5.79. The molecular formula is C20H19ClN4O3. The Hall–Kier alpha value is -3.32. The van der Waals surface area contributed by atoms with Gasteiger partial charge in [0.25, 0.3) is 5.91 Å². The summed E-state index contributed by atoms with van der Waals surface area (Å²) in [5, 5.41) is 6.47. The molecule has 0 aliphatic rings. The molecule has 1 heterocycles. The maximum absolute atomic E-state index is 12.4. The van der Waals surface area contributed by atoms with Crippen molar-refractivity contribution >= 4 is 29.0 Å². The summed E-state index contributed by atoms with van der Waals surface area (Å²) in [7, 11) is 3.17. The zero-order valence-corrected chi connectivity index (χ0v) is 16.2. The van der Waals surface area contributed by atoms with Crippen LogP contribution < -0.4 is 20.1 Å². The first-order valence-electron chi connectivity index (χ1n) is 8.43. The second-order valence-corrected chi connectivity index (χ2v) is 6.23. The van der Waals surface area contributed by atoms with E-state index in [-0.39, 0.29) is 11.6 Å². The number of hydrogen-bond donors (Lipinski definition) is 2. The van der Waals surface area contributed by atoms with Gasteiger partial charge in [-0.15, -0.1) is 0 Å². The number of ether oxygens (including phenoxy) is 2. The van der Waals surface area contributed by atoms with Crippen LogP contribution in [0.5, 0.6) is 11.5 Å². The van der Waals surface area contributed by atoms with Gasteiger partial charge in [0, 0.05) is 17.6 Å². The average Bonchev–Trinajstić information content (AvgIpc) is 2.73. The number of aromatic nitrogens is 2. The molecule has 0 saturated carbocycles. The standard InChI is InChI=1S/C20H19ClN4O3/c1-27-15-6-3-13(4-7-15)11-22-20(26)17-10-19(24-12-23-17)25-16-9-14(21)5-8-18(16)28-2/h3-10,12H,11H2,1-2H3,(H,22,26)(H,23,24,25). The van der Waals surface area contributed by atoms with Crippen molar-refractivity contribution in [1.29, 1.82) is 0 Å². The van der Waals surface area contributed by atoms with Gasteiger partial charge in [-0.25, -0.2) is 9.97 Å².